The van der Waals surface area contributed by atoms with E-state index in [1.165, 1.54) is 12.8 Å². The Morgan fingerprint density at radius 3 is 2.79 bits per heavy atom. The Hall–Kier alpha value is -2.70. The SMILES string of the molecule is O=C(O)c1ccnc2c1CC(c1c3cc(Cl)ccc3nn1CCN1CCCC1)=C2. The molecule has 0 spiro atoms. The molecule has 5 rings (SSSR count). The number of pyridine rings is 1. The van der Waals surface area contributed by atoms with Gasteiger partial charge in [-0.3, -0.25) is 9.67 Å². The fourth-order valence-corrected chi connectivity index (χ4v) is 4.60. The number of rotatable bonds is 5. The zero-order chi connectivity index (χ0) is 20.0. The maximum atomic E-state index is 11.6. The molecule has 3 heterocycles. The Morgan fingerprint density at radius 2 is 2.00 bits per heavy atom. The number of allylic oxidation sites excluding steroid dienone is 1. The Morgan fingerprint density at radius 1 is 1.17 bits per heavy atom. The molecule has 1 aliphatic carbocycles. The first-order valence-electron chi connectivity index (χ1n) is 9.91. The van der Waals surface area contributed by atoms with E-state index in [1.807, 2.05) is 24.3 Å². The summed E-state index contributed by atoms with van der Waals surface area (Å²) in [6.45, 7) is 4.02. The van der Waals surface area contributed by atoms with Gasteiger partial charge >= 0.3 is 5.97 Å². The highest BCUT2D eigenvalue weighted by Gasteiger charge is 2.25. The van der Waals surface area contributed by atoms with E-state index in [9.17, 15) is 9.90 Å². The molecule has 29 heavy (non-hydrogen) atoms. The summed E-state index contributed by atoms with van der Waals surface area (Å²) >= 11 is 6.29. The first-order chi connectivity index (χ1) is 14.1. The third-order valence-corrected chi connectivity index (χ3v) is 6.06. The van der Waals surface area contributed by atoms with Gasteiger partial charge in [0.05, 0.1) is 29.0 Å². The Kier molecular flexibility index (Phi) is 4.60. The van der Waals surface area contributed by atoms with Crippen molar-refractivity contribution in [2.24, 2.45) is 0 Å². The molecule has 0 radical (unpaired) electrons. The molecule has 7 heteroatoms. The van der Waals surface area contributed by atoms with Crippen molar-refractivity contribution in [3.05, 3.63) is 58.0 Å². The van der Waals surface area contributed by atoms with Gasteiger partial charge < -0.3 is 10.0 Å². The molecule has 0 bridgehead atoms. The molecule has 2 aromatic heterocycles. The number of carboxylic acids is 1. The van der Waals surface area contributed by atoms with Crippen molar-refractivity contribution in [2.75, 3.05) is 19.6 Å². The van der Waals surface area contributed by atoms with Crippen LogP contribution in [0.15, 0.2) is 30.5 Å². The average Bonchev–Trinajstić information content (AvgIpc) is 3.42. The van der Waals surface area contributed by atoms with Crippen molar-refractivity contribution in [1.29, 1.82) is 0 Å². The van der Waals surface area contributed by atoms with Crippen molar-refractivity contribution in [2.45, 2.75) is 25.8 Å². The van der Waals surface area contributed by atoms with Gasteiger partial charge in [-0.05, 0) is 67.4 Å². The fraction of sp³-hybridized carbons (Fsp3) is 0.318. The van der Waals surface area contributed by atoms with Crippen molar-refractivity contribution in [1.82, 2.24) is 19.7 Å². The standard InChI is InChI=1S/C22H21ClN4O2/c23-15-3-4-19-18(13-15)21(27(25-19)10-9-26-7-1-2-8-26)14-11-17-16(22(28)29)5-6-24-20(17)12-14/h3-6,12-13H,1-2,7-11H2,(H,28,29). The van der Waals surface area contributed by atoms with Crippen LogP contribution < -0.4 is 0 Å². The van der Waals surface area contributed by atoms with Crippen molar-refractivity contribution in [3.8, 4) is 0 Å². The number of aromatic nitrogens is 3. The Labute approximate surface area is 173 Å². The lowest BCUT2D eigenvalue weighted by Crippen LogP contribution is -2.25. The third kappa shape index (κ3) is 3.32. The lowest BCUT2D eigenvalue weighted by atomic mass is 10.0. The molecular weight excluding hydrogens is 388 g/mol. The van der Waals surface area contributed by atoms with Crippen LogP contribution in [-0.2, 0) is 13.0 Å². The van der Waals surface area contributed by atoms with Crippen molar-refractivity contribution in [3.63, 3.8) is 0 Å². The van der Waals surface area contributed by atoms with Crippen LogP contribution in [0, 0.1) is 0 Å². The molecule has 3 aromatic rings. The number of hydrogen-bond acceptors (Lipinski definition) is 4. The van der Waals surface area contributed by atoms with Gasteiger partial charge in [0.2, 0.25) is 0 Å². The van der Waals surface area contributed by atoms with E-state index >= 15 is 0 Å². The van der Waals surface area contributed by atoms with Crippen LogP contribution in [0.25, 0.3) is 22.6 Å². The Bertz CT molecular complexity index is 1150. The first-order valence-corrected chi connectivity index (χ1v) is 10.3. The minimum absolute atomic E-state index is 0.312. The van der Waals surface area contributed by atoms with E-state index < -0.39 is 5.97 Å². The summed E-state index contributed by atoms with van der Waals surface area (Å²) in [4.78, 5) is 18.5. The van der Waals surface area contributed by atoms with Gasteiger partial charge in [-0.25, -0.2) is 4.79 Å². The predicted molar refractivity (Wildman–Crippen MR) is 113 cm³/mol. The topological polar surface area (TPSA) is 71.2 Å². The average molecular weight is 409 g/mol. The molecule has 1 saturated heterocycles. The van der Waals surface area contributed by atoms with Crippen molar-refractivity contribution >= 4 is 40.1 Å². The van der Waals surface area contributed by atoms with Crippen LogP contribution in [0.3, 0.4) is 0 Å². The number of fused-ring (bicyclic) bond motifs is 2. The molecule has 6 nitrogen and oxygen atoms in total. The molecule has 1 fully saturated rings. The van der Waals surface area contributed by atoms with Crippen LogP contribution >= 0.6 is 11.6 Å². The molecule has 1 aliphatic heterocycles. The van der Waals surface area contributed by atoms with Gasteiger partial charge in [-0.1, -0.05) is 11.6 Å². The first kappa shape index (κ1) is 18.3. The highest BCUT2D eigenvalue weighted by atomic mass is 35.5. The molecule has 1 aromatic carbocycles. The van der Waals surface area contributed by atoms with Crippen molar-refractivity contribution < 1.29 is 9.90 Å². The maximum Gasteiger partial charge on any atom is 0.336 e. The number of halogens is 1. The quantitative estimate of drug-likeness (QED) is 0.691. The smallest absolute Gasteiger partial charge is 0.336 e. The van der Waals surface area contributed by atoms with E-state index in [0.29, 0.717) is 17.0 Å². The van der Waals surface area contributed by atoms with Gasteiger partial charge in [0, 0.05) is 29.6 Å². The van der Waals surface area contributed by atoms with Gasteiger partial charge in [0.1, 0.15) is 0 Å². The predicted octanol–water partition coefficient (Wildman–Crippen LogP) is 3.98. The zero-order valence-corrected chi connectivity index (χ0v) is 16.7. The maximum absolute atomic E-state index is 11.6. The number of carbonyl (C=O) groups is 1. The molecule has 0 atom stereocenters. The van der Waals surface area contributed by atoms with E-state index in [-0.39, 0.29) is 0 Å². The summed E-state index contributed by atoms with van der Waals surface area (Å²) in [5.41, 5.74) is 4.74. The number of carboxylic acid groups (broad SMARTS) is 1. The van der Waals surface area contributed by atoms with Gasteiger partial charge in [-0.15, -0.1) is 0 Å². The second-order valence-corrected chi connectivity index (χ2v) is 8.09. The summed E-state index contributed by atoms with van der Waals surface area (Å²) in [6, 6.07) is 7.31. The largest absolute Gasteiger partial charge is 0.478 e. The highest BCUT2D eigenvalue weighted by Crippen LogP contribution is 2.36. The van der Waals surface area contributed by atoms with E-state index in [2.05, 4.69) is 14.6 Å². The highest BCUT2D eigenvalue weighted by molar-refractivity contribution is 6.31. The minimum Gasteiger partial charge on any atom is -0.478 e. The summed E-state index contributed by atoms with van der Waals surface area (Å²) in [7, 11) is 0. The fourth-order valence-electron chi connectivity index (χ4n) is 4.42. The number of likely N-dealkylation sites (tertiary alicyclic amines) is 1. The summed E-state index contributed by atoms with van der Waals surface area (Å²) < 4.78 is 2.05. The molecule has 148 valence electrons. The van der Waals surface area contributed by atoms with E-state index in [0.717, 1.165) is 59.6 Å². The molecular formula is C22H21ClN4O2. The monoisotopic (exact) mass is 408 g/mol. The number of aromatic carboxylic acids is 1. The van der Waals surface area contributed by atoms with Crippen LogP contribution in [0.2, 0.25) is 5.02 Å². The van der Waals surface area contributed by atoms with Crippen LogP contribution in [0.4, 0.5) is 0 Å². The third-order valence-electron chi connectivity index (χ3n) is 5.83. The lowest BCUT2D eigenvalue weighted by Gasteiger charge is -2.16. The number of benzene rings is 1. The molecule has 2 aliphatic rings. The second kappa shape index (κ2) is 7.28. The second-order valence-electron chi connectivity index (χ2n) is 7.66. The van der Waals surface area contributed by atoms with E-state index in [4.69, 9.17) is 16.7 Å². The number of hydrogen-bond donors (Lipinski definition) is 1. The summed E-state index contributed by atoms with van der Waals surface area (Å²) in [5.74, 6) is -0.922. The van der Waals surface area contributed by atoms with Gasteiger partial charge in [0.15, 0.2) is 0 Å². The summed E-state index contributed by atoms with van der Waals surface area (Å²) in [5, 5.41) is 16.0. The molecule has 0 amide bonds. The molecule has 0 unspecified atom stereocenters. The minimum atomic E-state index is -0.922. The summed E-state index contributed by atoms with van der Waals surface area (Å²) in [6.07, 6.45) is 6.59. The normalized spacial score (nSPS) is 16.4. The van der Waals surface area contributed by atoms with Gasteiger partial charge in [-0.2, -0.15) is 5.10 Å². The van der Waals surface area contributed by atoms with Crippen LogP contribution in [0.5, 0.6) is 0 Å². The molecule has 1 N–H and O–H groups in total. The van der Waals surface area contributed by atoms with Crippen LogP contribution in [0.1, 0.15) is 40.2 Å². The van der Waals surface area contributed by atoms with E-state index in [1.54, 1.807) is 12.3 Å². The van der Waals surface area contributed by atoms with Crippen LogP contribution in [-0.4, -0.2) is 50.4 Å². The number of nitrogens with zero attached hydrogens (tertiary/aromatic N) is 4. The Balaban J connectivity index is 1.56. The zero-order valence-electron chi connectivity index (χ0n) is 15.9. The lowest BCUT2D eigenvalue weighted by molar-refractivity contribution is 0.0695. The molecule has 0 saturated carbocycles. The van der Waals surface area contributed by atoms with Gasteiger partial charge in [0.25, 0.3) is 0 Å².